The number of unbranched alkanes of at least 4 members (excludes halogenated alkanes) is 2. The molecular weight excluding hydrogens is 254 g/mol. The molecule has 1 aromatic carbocycles. The summed E-state index contributed by atoms with van der Waals surface area (Å²) in [6.45, 7) is 0.631. The number of carboxylic acid groups (broad SMARTS) is 1. The van der Waals surface area contributed by atoms with Crippen molar-refractivity contribution in [3.8, 4) is 12.3 Å². The van der Waals surface area contributed by atoms with Crippen LogP contribution in [0.25, 0.3) is 0 Å². The van der Waals surface area contributed by atoms with E-state index >= 15 is 0 Å². The molecule has 0 aliphatic carbocycles. The van der Waals surface area contributed by atoms with Gasteiger partial charge in [0.15, 0.2) is 0 Å². The second-order valence-corrected chi connectivity index (χ2v) is 4.86. The number of anilines is 1. The van der Waals surface area contributed by atoms with Crippen LogP contribution in [0.2, 0.25) is 0 Å². The van der Waals surface area contributed by atoms with Crippen LogP contribution in [0.4, 0.5) is 5.69 Å². The van der Waals surface area contributed by atoms with Gasteiger partial charge in [-0.15, -0.1) is 12.3 Å². The summed E-state index contributed by atoms with van der Waals surface area (Å²) in [4.78, 5) is 24.8. The number of nitrogens with zero attached hydrogens (tertiary/aromatic N) is 1. The predicted octanol–water partition coefficient (Wildman–Crippen LogP) is 2.47. The molecule has 20 heavy (non-hydrogen) atoms. The van der Waals surface area contributed by atoms with Crippen LogP contribution in [-0.2, 0) is 11.2 Å². The van der Waals surface area contributed by atoms with Crippen molar-refractivity contribution in [3.05, 3.63) is 29.3 Å². The highest BCUT2D eigenvalue weighted by molar-refractivity contribution is 5.96. The van der Waals surface area contributed by atoms with Crippen molar-refractivity contribution in [1.29, 1.82) is 0 Å². The largest absolute Gasteiger partial charge is 0.478 e. The van der Waals surface area contributed by atoms with Gasteiger partial charge in [-0.3, -0.25) is 4.79 Å². The van der Waals surface area contributed by atoms with E-state index in [2.05, 4.69) is 5.92 Å². The number of aromatic carboxylic acids is 1. The fourth-order valence-electron chi connectivity index (χ4n) is 2.43. The highest BCUT2D eigenvalue weighted by Crippen LogP contribution is 2.29. The van der Waals surface area contributed by atoms with Crippen molar-refractivity contribution in [1.82, 2.24) is 0 Å². The molecule has 1 amide bonds. The quantitative estimate of drug-likeness (QED) is 0.661. The molecule has 1 heterocycles. The Labute approximate surface area is 118 Å². The first-order valence-electron chi connectivity index (χ1n) is 6.73. The molecule has 1 aromatic rings. The van der Waals surface area contributed by atoms with Gasteiger partial charge >= 0.3 is 5.97 Å². The molecule has 1 N–H and O–H groups in total. The van der Waals surface area contributed by atoms with Crippen molar-refractivity contribution in [2.24, 2.45) is 0 Å². The zero-order chi connectivity index (χ0) is 14.5. The van der Waals surface area contributed by atoms with Crippen LogP contribution in [0.1, 0.15) is 41.6 Å². The number of carbonyl (C=O) groups is 2. The summed E-state index contributed by atoms with van der Waals surface area (Å²) in [5, 5.41) is 8.96. The Balaban J connectivity index is 2.03. The fourth-order valence-corrected chi connectivity index (χ4v) is 2.43. The lowest BCUT2D eigenvalue weighted by Crippen LogP contribution is -2.28. The lowest BCUT2D eigenvalue weighted by molar-refractivity contribution is -0.118. The maximum Gasteiger partial charge on any atom is 0.335 e. The number of carboxylic acids is 1. The lowest BCUT2D eigenvalue weighted by Gasteiger charge is -2.17. The average Bonchev–Trinajstić information content (AvgIpc) is 2.86. The molecule has 0 fully saturated rings. The number of fused-ring (bicyclic) bond motifs is 1. The Morgan fingerprint density at radius 2 is 2.15 bits per heavy atom. The van der Waals surface area contributed by atoms with Gasteiger partial charge in [0.25, 0.3) is 0 Å². The maximum absolute atomic E-state index is 12.1. The Kier molecular flexibility index (Phi) is 4.41. The Morgan fingerprint density at radius 3 is 2.85 bits per heavy atom. The summed E-state index contributed by atoms with van der Waals surface area (Å²) < 4.78 is 0. The predicted molar refractivity (Wildman–Crippen MR) is 76.8 cm³/mol. The molecule has 0 saturated carbocycles. The monoisotopic (exact) mass is 271 g/mol. The van der Waals surface area contributed by atoms with E-state index in [0.717, 1.165) is 24.1 Å². The van der Waals surface area contributed by atoms with Gasteiger partial charge in [0.1, 0.15) is 0 Å². The van der Waals surface area contributed by atoms with Crippen LogP contribution in [0, 0.1) is 12.3 Å². The van der Waals surface area contributed by atoms with Gasteiger partial charge in [0.05, 0.1) is 5.56 Å². The zero-order valence-electron chi connectivity index (χ0n) is 11.3. The van der Waals surface area contributed by atoms with Gasteiger partial charge in [-0.25, -0.2) is 4.79 Å². The number of amides is 1. The molecule has 0 bridgehead atoms. The Morgan fingerprint density at radius 1 is 1.35 bits per heavy atom. The zero-order valence-corrected chi connectivity index (χ0v) is 11.3. The van der Waals surface area contributed by atoms with E-state index in [1.54, 1.807) is 23.1 Å². The van der Waals surface area contributed by atoms with E-state index in [1.165, 1.54) is 0 Å². The van der Waals surface area contributed by atoms with Crippen molar-refractivity contribution >= 4 is 17.6 Å². The van der Waals surface area contributed by atoms with Crippen LogP contribution in [0.15, 0.2) is 18.2 Å². The summed E-state index contributed by atoms with van der Waals surface area (Å²) in [5.74, 6) is 1.71. The molecule has 0 unspecified atom stereocenters. The summed E-state index contributed by atoms with van der Waals surface area (Å²) in [6, 6.07) is 4.93. The smallest absolute Gasteiger partial charge is 0.335 e. The van der Waals surface area contributed by atoms with Gasteiger partial charge in [-0.2, -0.15) is 0 Å². The first-order valence-corrected chi connectivity index (χ1v) is 6.73. The molecule has 0 saturated heterocycles. The molecular formula is C16H17NO3. The summed E-state index contributed by atoms with van der Waals surface area (Å²) in [6.07, 6.45) is 8.73. The number of benzene rings is 1. The van der Waals surface area contributed by atoms with Crippen molar-refractivity contribution in [3.63, 3.8) is 0 Å². The van der Waals surface area contributed by atoms with E-state index in [-0.39, 0.29) is 11.5 Å². The average molecular weight is 271 g/mol. The molecule has 2 rings (SSSR count). The number of rotatable bonds is 5. The third-order valence-electron chi connectivity index (χ3n) is 3.48. The van der Waals surface area contributed by atoms with Crippen molar-refractivity contribution in [2.75, 3.05) is 11.4 Å². The third kappa shape index (κ3) is 3.00. The van der Waals surface area contributed by atoms with Gasteiger partial charge in [-0.1, -0.05) is 0 Å². The van der Waals surface area contributed by atoms with Crippen molar-refractivity contribution in [2.45, 2.75) is 32.1 Å². The van der Waals surface area contributed by atoms with E-state index < -0.39 is 5.97 Å². The van der Waals surface area contributed by atoms with E-state index in [1.807, 2.05) is 0 Å². The van der Waals surface area contributed by atoms with E-state index in [9.17, 15) is 9.59 Å². The van der Waals surface area contributed by atoms with Crippen LogP contribution >= 0.6 is 0 Å². The number of hydrogen-bond donors (Lipinski definition) is 1. The molecule has 104 valence electrons. The maximum atomic E-state index is 12.1. The summed E-state index contributed by atoms with van der Waals surface area (Å²) in [7, 11) is 0. The molecule has 0 atom stereocenters. The van der Waals surface area contributed by atoms with E-state index in [4.69, 9.17) is 11.5 Å². The van der Waals surface area contributed by atoms with Crippen LogP contribution < -0.4 is 4.90 Å². The number of carbonyl (C=O) groups excluding carboxylic acids is 1. The molecule has 4 nitrogen and oxygen atoms in total. The highest BCUT2D eigenvalue weighted by atomic mass is 16.4. The van der Waals surface area contributed by atoms with Gasteiger partial charge < -0.3 is 10.0 Å². The first-order chi connectivity index (χ1) is 9.63. The van der Waals surface area contributed by atoms with Crippen LogP contribution in [0.3, 0.4) is 0 Å². The van der Waals surface area contributed by atoms with Crippen LogP contribution in [-0.4, -0.2) is 23.5 Å². The lowest BCUT2D eigenvalue weighted by atomic mass is 10.1. The molecule has 0 aromatic heterocycles. The molecule has 1 aliphatic rings. The minimum absolute atomic E-state index is 0.0869. The topological polar surface area (TPSA) is 57.6 Å². The number of hydrogen-bond acceptors (Lipinski definition) is 2. The second-order valence-electron chi connectivity index (χ2n) is 4.86. The number of terminal acetylenes is 1. The van der Waals surface area contributed by atoms with Gasteiger partial charge in [-0.05, 0) is 43.0 Å². The van der Waals surface area contributed by atoms with Crippen LogP contribution in [0.5, 0.6) is 0 Å². The third-order valence-corrected chi connectivity index (χ3v) is 3.48. The first kappa shape index (κ1) is 14.1. The highest BCUT2D eigenvalue weighted by Gasteiger charge is 2.24. The van der Waals surface area contributed by atoms with Gasteiger partial charge in [0, 0.05) is 25.1 Å². The SMILES string of the molecule is C#CCCCCC(=O)N1CCc2cc(C(=O)O)ccc21. The van der Waals surface area contributed by atoms with Crippen molar-refractivity contribution < 1.29 is 14.7 Å². The molecule has 1 aliphatic heterocycles. The summed E-state index contributed by atoms with van der Waals surface area (Å²) in [5.41, 5.74) is 2.05. The Hall–Kier alpha value is -2.28. The van der Waals surface area contributed by atoms with E-state index in [0.29, 0.717) is 25.8 Å². The van der Waals surface area contributed by atoms with Gasteiger partial charge in [0.2, 0.25) is 5.91 Å². The fraction of sp³-hybridized carbons (Fsp3) is 0.375. The second kappa shape index (κ2) is 6.25. The minimum atomic E-state index is -0.938. The molecule has 0 spiro atoms. The Bertz CT molecular complexity index is 572. The molecule has 0 radical (unpaired) electrons. The normalized spacial score (nSPS) is 12.8. The minimum Gasteiger partial charge on any atom is -0.478 e. The standard InChI is InChI=1S/C16H17NO3/c1-2-3-4-5-6-15(18)17-10-9-12-11-13(16(19)20)7-8-14(12)17/h1,7-8,11H,3-6,9-10H2,(H,19,20). The molecule has 4 heteroatoms. The summed E-state index contributed by atoms with van der Waals surface area (Å²) >= 11 is 0.